The number of nitrogens with zero attached hydrogens (tertiary/aromatic N) is 5. The molecule has 1 atom stereocenters. The largest absolute Gasteiger partial charge is 0.341 e. The van der Waals surface area contributed by atoms with Gasteiger partial charge in [0, 0.05) is 31.7 Å². The summed E-state index contributed by atoms with van der Waals surface area (Å²) in [6.45, 7) is 4.06. The molecule has 0 spiro atoms. The fourth-order valence-electron chi connectivity index (χ4n) is 4.47. The molecule has 1 aliphatic rings. The Morgan fingerprint density at radius 2 is 1.95 bits per heavy atom. The van der Waals surface area contributed by atoms with E-state index in [4.69, 9.17) is 5.73 Å². The summed E-state index contributed by atoms with van der Waals surface area (Å²) in [5.41, 5.74) is 5.91. The predicted octanol–water partition coefficient (Wildman–Crippen LogP) is 1.11. The van der Waals surface area contributed by atoms with Crippen LogP contribution in [-0.4, -0.2) is 49.5 Å². The van der Waals surface area contributed by atoms with E-state index in [0.717, 1.165) is 24.0 Å². The lowest BCUT2D eigenvalue weighted by atomic mass is 10.1. The molecule has 3 N–H and O–H groups in total. The van der Waals surface area contributed by atoms with E-state index < -0.39 is 23.7 Å². The Kier molecular flexibility index (Phi) is 8.57. The lowest BCUT2D eigenvalue weighted by Gasteiger charge is -2.31. The van der Waals surface area contributed by atoms with Crippen LogP contribution < -0.4 is 27.2 Å². The van der Waals surface area contributed by atoms with Gasteiger partial charge in [-0.1, -0.05) is 18.1 Å². The molecule has 3 aromatic rings. The third-order valence-corrected chi connectivity index (χ3v) is 6.25. The molecule has 12 heteroatoms. The topological polar surface area (TPSA) is 137 Å². The first-order valence-electron chi connectivity index (χ1n) is 11.7. The Balaban J connectivity index is 0.00000380. The summed E-state index contributed by atoms with van der Waals surface area (Å²) < 4.78 is 3.82. The monoisotopic (exact) mass is 527 g/mol. The molecule has 0 saturated carbocycles. The average molecular weight is 528 g/mol. The summed E-state index contributed by atoms with van der Waals surface area (Å²) in [4.78, 5) is 58.1. The van der Waals surface area contributed by atoms with Crippen molar-refractivity contribution in [1.29, 1.82) is 0 Å². The van der Waals surface area contributed by atoms with Crippen LogP contribution >= 0.6 is 12.4 Å². The molecule has 1 saturated heterocycles. The van der Waals surface area contributed by atoms with Crippen molar-refractivity contribution in [1.82, 2.24) is 18.7 Å². The first-order valence-corrected chi connectivity index (χ1v) is 11.7. The van der Waals surface area contributed by atoms with Crippen LogP contribution in [0.3, 0.4) is 0 Å². The summed E-state index contributed by atoms with van der Waals surface area (Å²) >= 11 is 0. The van der Waals surface area contributed by atoms with E-state index >= 15 is 0 Å². The van der Waals surface area contributed by atoms with Gasteiger partial charge in [0.25, 0.3) is 5.56 Å². The number of aryl methyl sites for hydroxylation is 1. The molecule has 0 bridgehead atoms. The van der Waals surface area contributed by atoms with Crippen molar-refractivity contribution >= 4 is 46.9 Å². The normalized spacial score (nSPS) is 15.0. The number of hydrogen-bond donors (Lipinski definition) is 2. The van der Waals surface area contributed by atoms with Gasteiger partial charge >= 0.3 is 5.69 Å². The number of carbonyl (C=O) groups is 2. The summed E-state index contributed by atoms with van der Waals surface area (Å²) in [6, 6.07) is 6.53. The van der Waals surface area contributed by atoms with Crippen LogP contribution in [-0.2, 0) is 24.9 Å². The van der Waals surface area contributed by atoms with Crippen LogP contribution in [0, 0.1) is 11.8 Å². The van der Waals surface area contributed by atoms with Crippen molar-refractivity contribution in [3.63, 3.8) is 0 Å². The van der Waals surface area contributed by atoms with Crippen LogP contribution in [0.4, 0.5) is 11.6 Å². The molecule has 196 valence electrons. The fraction of sp³-hybridized carbons (Fsp3) is 0.400. The highest BCUT2D eigenvalue weighted by Gasteiger charge is 2.26. The summed E-state index contributed by atoms with van der Waals surface area (Å²) in [5.74, 6) is 5.50. The van der Waals surface area contributed by atoms with Crippen LogP contribution in [0.2, 0.25) is 0 Å². The zero-order chi connectivity index (χ0) is 26.0. The molecular weight excluding hydrogens is 498 g/mol. The van der Waals surface area contributed by atoms with E-state index in [2.05, 4.69) is 22.1 Å². The highest BCUT2D eigenvalue weighted by molar-refractivity contribution is 6.03. The minimum Gasteiger partial charge on any atom is -0.341 e. The number of nitrogens with two attached hydrogens (primary N) is 1. The maximum Gasteiger partial charge on any atom is 0.332 e. The Hall–Kier alpha value is -3.88. The van der Waals surface area contributed by atoms with Gasteiger partial charge < -0.3 is 16.0 Å². The lowest BCUT2D eigenvalue weighted by Crippen LogP contribution is -2.44. The second-order valence-corrected chi connectivity index (χ2v) is 8.83. The third-order valence-electron chi connectivity index (χ3n) is 6.25. The molecule has 1 aliphatic heterocycles. The number of hydrogen-bond acceptors (Lipinski definition) is 7. The molecule has 0 aliphatic carbocycles. The summed E-state index contributed by atoms with van der Waals surface area (Å²) in [5, 5.41) is 2.64. The van der Waals surface area contributed by atoms with Crippen molar-refractivity contribution < 1.29 is 9.59 Å². The number of halogens is 1. The smallest absolute Gasteiger partial charge is 0.332 e. The van der Waals surface area contributed by atoms with Crippen molar-refractivity contribution in [2.24, 2.45) is 12.8 Å². The van der Waals surface area contributed by atoms with Crippen molar-refractivity contribution in [3.8, 4) is 11.8 Å². The second-order valence-electron chi connectivity index (χ2n) is 8.83. The lowest BCUT2D eigenvalue weighted by molar-refractivity contribution is -0.116. The molecule has 37 heavy (non-hydrogen) atoms. The molecular formula is C25H30ClN7O4. The van der Waals surface area contributed by atoms with Gasteiger partial charge in [-0.15, -0.1) is 18.3 Å². The Bertz CT molecular complexity index is 1530. The van der Waals surface area contributed by atoms with Gasteiger partial charge in [-0.25, -0.2) is 9.36 Å². The number of fused-ring (bicyclic) bond motifs is 1. The zero-order valence-electron chi connectivity index (χ0n) is 21.0. The standard InChI is InChI=1S/C25H29N7O4.ClH/c1-4-5-13-31-21-22(28-24(31)30-12-8-9-17(26)14-30)29(3)25(36)32(23(21)35)15-20(34)27-19-11-7-6-10-18(19)16(2)33;/h6-7,10-11,17H,8-9,12-15,26H2,1-3H3,(H,27,34);1H/t17-;/m1./s1. The highest BCUT2D eigenvalue weighted by atomic mass is 35.5. The van der Waals surface area contributed by atoms with Crippen molar-refractivity contribution in [2.75, 3.05) is 23.3 Å². The maximum atomic E-state index is 13.6. The van der Waals surface area contributed by atoms with Gasteiger partial charge in [0.05, 0.1) is 12.2 Å². The number of piperidine rings is 1. The van der Waals surface area contributed by atoms with Gasteiger partial charge in [0.2, 0.25) is 11.9 Å². The molecule has 11 nitrogen and oxygen atoms in total. The fourth-order valence-corrected chi connectivity index (χ4v) is 4.47. The number of carbonyl (C=O) groups excluding carboxylic acids is 2. The maximum absolute atomic E-state index is 13.6. The number of benzene rings is 1. The van der Waals surface area contributed by atoms with E-state index in [1.807, 2.05) is 4.90 Å². The number of ketones is 1. The average Bonchev–Trinajstić information content (AvgIpc) is 3.24. The van der Waals surface area contributed by atoms with Gasteiger partial charge in [0.15, 0.2) is 16.9 Å². The first-order chi connectivity index (χ1) is 17.2. The summed E-state index contributed by atoms with van der Waals surface area (Å²) in [6.07, 6.45) is 1.79. The minimum absolute atomic E-state index is 0. The van der Waals surface area contributed by atoms with E-state index in [1.165, 1.54) is 18.5 Å². The van der Waals surface area contributed by atoms with Crippen LogP contribution in [0.25, 0.3) is 11.2 Å². The molecule has 0 radical (unpaired) electrons. The number of para-hydroxylation sites is 1. The molecule has 2 aromatic heterocycles. The number of rotatable bonds is 6. The van der Waals surface area contributed by atoms with E-state index in [0.29, 0.717) is 23.7 Å². The van der Waals surface area contributed by atoms with Crippen molar-refractivity contribution in [3.05, 3.63) is 50.7 Å². The van der Waals surface area contributed by atoms with E-state index in [-0.39, 0.29) is 41.9 Å². The Morgan fingerprint density at radius 1 is 1.22 bits per heavy atom. The van der Waals surface area contributed by atoms with Crippen LogP contribution in [0.15, 0.2) is 33.9 Å². The van der Waals surface area contributed by atoms with Gasteiger partial charge in [-0.3, -0.25) is 23.5 Å². The second kappa shape index (κ2) is 11.5. The minimum atomic E-state index is -0.671. The molecule has 4 rings (SSSR count). The highest BCUT2D eigenvalue weighted by Crippen LogP contribution is 2.23. The summed E-state index contributed by atoms with van der Waals surface area (Å²) in [7, 11) is 1.51. The molecule has 0 unspecified atom stereocenters. The Labute approximate surface area is 219 Å². The third kappa shape index (κ3) is 5.45. The number of amides is 1. The first kappa shape index (κ1) is 27.7. The van der Waals surface area contributed by atoms with Crippen LogP contribution in [0.5, 0.6) is 0 Å². The number of aromatic nitrogens is 4. The Morgan fingerprint density at radius 3 is 2.62 bits per heavy atom. The van der Waals surface area contributed by atoms with Crippen molar-refractivity contribution in [2.45, 2.75) is 45.8 Å². The number of imidazole rings is 1. The molecule has 3 heterocycles. The zero-order valence-corrected chi connectivity index (χ0v) is 21.8. The molecule has 1 amide bonds. The van der Waals surface area contributed by atoms with Gasteiger partial charge in [-0.2, -0.15) is 4.98 Å². The van der Waals surface area contributed by atoms with E-state index in [1.54, 1.807) is 35.8 Å². The van der Waals surface area contributed by atoms with E-state index in [9.17, 15) is 19.2 Å². The number of nitrogens with one attached hydrogen (secondary N) is 1. The number of Topliss-reactive ketones (excluding diaryl/α,β-unsaturated/α-hetero) is 1. The van der Waals surface area contributed by atoms with Gasteiger partial charge in [0.1, 0.15) is 6.54 Å². The molecule has 1 fully saturated rings. The number of anilines is 2. The van der Waals surface area contributed by atoms with Gasteiger partial charge in [-0.05, 0) is 38.8 Å². The predicted molar refractivity (Wildman–Crippen MR) is 144 cm³/mol. The quantitative estimate of drug-likeness (QED) is 0.362. The van der Waals surface area contributed by atoms with Crippen LogP contribution in [0.1, 0.15) is 37.0 Å². The SMILES string of the molecule is CC#CCn1c(N2CCC[C@@H](N)C2)nc2c1c(=O)n(CC(=O)Nc1ccccc1C(C)=O)c(=O)n2C.Cl. The molecule has 1 aromatic carbocycles.